The van der Waals surface area contributed by atoms with Gasteiger partial charge in [0, 0.05) is 17.0 Å². The maximum atomic E-state index is 14.1. The zero-order valence-electron chi connectivity index (χ0n) is 15.6. The van der Waals surface area contributed by atoms with Crippen LogP contribution in [-0.2, 0) is 16.9 Å². The monoisotopic (exact) mass is 426 g/mol. The average Bonchev–Trinajstić information content (AvgIpc) is 2.64. The molecule has 1 heterocycles. The van der Waals surface area contributed by atoms with Gasteiger partial charge in [-0.25, -0.2) is 4.79 Å². The van der Waals surface area contributed by atoms with Crippen molar-refractivity contribution in [2.24, 2.45) is 0 Å². The molecule has 0 spiro atoms. The lowest BCUT2D eigenvalue weighted by Crippen LogP contribution is -2.63. The Morgan fingerprint density at radius 2 is 1.86 bits per heavy atom. The Morgan fingerprint density at radius 1 is 1.21 bits per heavy atom. The van der Waals surface area contributed by atoms with Gasteiger partial charge in [-0.15, -0.1) is 0 Å². The minimum absolute atomic E-state index is 0.0263. The topological polar surface area (TPSA) is 58.6 Å². The molecule has 5 nitrogen and oxygen atoms in total. The smallest absolute Gasteiger partial charge is 0.416 e. The Morgan fingerprint density at radius 3 is 2.41 bits per heavy atom. The second kappa shape index (κ2) is 7.59. The molecule has 3 rings (SSSR count). The molecule has 2 aromatic carbocycles. The summed E-state index contributed by atoms with van der Waals surface area (Å²) in [4.78, 5) is 25.6. The van der Waals surface area contributed by atoms with Crippen LogP contribution in [0.15, 0.2) is 42.5 Å². The Labute approximate surface area is 170 Å². The summed E-state index contributed by atoms with van der Waals surface area (Å²) in [6, 6.07) is 9.77. The summed E-state index contributed by atoms with van der Waals surface area (Å²) in [6.07, 6.45) is -5.83. The highest BCUT2D eigenvalue weighted by molar-refractivity contribution is 6.30. The number of nitrogens with zero attached hydrogens (tertiary/aromatic N) is 1. The lowest BCUT2D eigenvalue weighted by Gasteiger charge is -2.44. The van der Waals surface area contributed by atoms with Gasteiger partial charge in [0.25, 0.3) is 0 Å². The zero-order chi connectivity index (χ0) is 21.4. The first-order valence-electron chi connectivity index (χ1n) is 8.66. The van der Waals surface area contributed by atoms with E-state index in [0.717, 1.165) is 13.0 Å². The number of ketones is 1. The Kier molecular flexibility index (Phi) is 5.49. The van der Waals surface area contributed by atoms with Gasteiger partial charge in [-0.3, -0.25) is 9.69 Å². The fourth-order valence-corrected chi connectivity index (χ4v) is 3.59. The highest BCUT2D eigenvalue weighted by Gasteiger charge is 2.61. The van der Waals surface area contributed by atoms with Gasteiger partial charge in [0.05, 0.1) is 19.3 Å². The standard InChI is InChI=1S/C20H18ClF3N2O3/c1-12(27)10-19(20(22,23)24)16-9-14(21)5-8-17(16)26(18(28)25-19)11-13-3-6-15(29-2)7-4-13/h3-9H,10-11H2,1-2H3,(H,25,28). The predicted molar refractivity (Wildman–Crippen MR) is 102 cm³/mol. The fraction of sp³-hybridized carbons (Fsp3) is 0.300. The Hall–Kier alpha value is -2.74. The SMILES string of the molecule is COc1ccc(CN2C(=O)NC(CC(C)=O)(C(F)(F)F)c3cc(Cl)ccc32)cc1. The number of benzene rings is 2. The average molecular weight is 427 g/mol. The normalized spacial score (nSPS) is 18.8. The number of amides is 2. The molecule has 0 saturated carbocycles. The molecule has 2 amide bonds. The van der Waals surface area contributed by atoms with Crippen LogP contribution in [0.3, 0.4) is 0 Å². The summed E-state index contributed by atoms with van der Waals surface area (Å²) in [7, 11) is 1.51. The van der Waals surface area contributed by atoms with E-state index >= 15 is 0 Å². The van der Waals surface area contributed by atoms with Crippen LogP contribution in [0.5, 0.6) is 5.75 Å². The number of nitrogens with one attached hydrogen (secondary N) is 1. The molecule has 29 heavy (non-hydrogen) atoms. The minimum Gasteiger partial charge on any atom is -0.497 e. The Bertz CT molecular complexity index is 947. The van der Waals surface area contributed by atoms with Crippen LogP contribution >= 0.6 is 11.6 Å². The summed E-state index contributed by atoms with van der Waals surface area (Å²) < 4.78 is 47.5. The maximum Gasteiger partial charge on any atom is 0.416 e. The third-order valence-corrected chi connectivity index (χ3v) is 5.01. The number of alkyl halides is 3. The van der Waals surface area contributed by atoms with E-state index in [-0.39, 0.29) is 22.8 Å². The molecule has 154 valence electrons. The summed E-state index contributed by atoms with van der Waals surface area (Å²) in [5.41, 5.74) is -2.37. The van der Waals surface area contributed by atoms with Crippen molar-refractivity contribution >= 4 is 29.1 Å². The number of ether oxygens (including phenoxy) is 1. The van der Waals surface area contributed by atoms with E-state index in [4.69, 9.17) is 16.3 Å². The van der Waals surface area contributed by atoms with Crippen LogP contribution in [-0.4, -0.2) is 25.1 Å². The van der Waals surface area contributed by atoms with Gasteiger partial charge in [0.2, 0.25) is 0 Å². The van der Waals surface area contributed by atoms with Crippen molar-refractivity contribution in [3.05, 3.63) is 58.6 Å². The van der Waals surface area contributed by atoms with Crippen molar-refractivity contribution in [3.63, 3.8) is 0 Å². The molecular formula is C20H18ClF3N2O3. The van der Waals surface area contributed by atoms with Crippen LogP contribution in [0.25, 0.3) is 0 Å². The Balaban J connectivity index is 2.11. The molecule has 1 atom stereocenters. The van der Waals surface area contributed by atoms with Crippen molar-refractivity contribution < 1.29 is 27.5 Å². The van der Waals surface area contributed by atoms with E-state index in [0.29, 0.717) is 11.3 Å². The van der Waals surface area contributed by atoms with Crippen LogP contribution in [0.2, 0.25) is 5.02 Å². The number of Topliss-reactive ketones (excluding diaryl/α,β-unsaturated/α-hetero) is 1. The van der Waals surface area contributed by atoms with Crippen LogP contribution in [0.4, 0.5) is 23.7 Å². The highest BCUT2D eigenvalue weighted by Crippen LogP contribution is 2.48. The fourth-order valence-electron chi connectivity index (χ4n) is 3.42. The molecule has 2 aromatic rings. The minimum atomic E-state index is -4.90. The largest absolute Gasteiger partial charge is 0.497 e. The van der Waals surface area contributed by atoms with Gasteiger partial charge in [0.1, 0.15) is 11.5 Å². The van der Waals surface area contributed by atoms with Crippen LogP contribution < -0.4 is 15.0 Å². The van der Waals surface area contributed by atoms with Crippen molar-refractivity contribution in [1.82, 2.24) is 5.32 Å². The number of fused-ring (bicyclic) bond motifs is 1. The van der Waals surface area contributed by atoms with Gasteiger partial charge in [0.15, 0.2) is 5.54 Å². The van der Waals surface area contributed by atoms with E-state index in [2.05, 4.69) is 0 Å². The van der Waals surface area contributed by atoms with Gasteiger partial charge >= 0.3 is 12.2 Å². The molecule has 1 aliphatic heterocycles. The number of urea groups is 1. The number of hydrogen-bond acceptors (Lipinski definition) is 3. The second-order valence-corrected chi connectivity index (χ2v) is 7.24. The molecule has 0 saturated heterocycles. The van der Waals surface area contributed by atoms with Crippen LogP contribution in [0, 0.1) is 0 Å². The van der Waals surface area contributed by atoms with E-state index in [1.807, 2.05) is 5.32 Å². The number of carbonyl (C=O) groups excluding carboxylic acids is 2. The maximum absolute atomic E-state index is 14.1. The van der Waals surface area contributed by atoms with Crippen molar-refractivity contribution in [2.75, 3.05) is 12.0 Å². The van der Waals surface area contributed by atoms with Crippen molar-refractivity contribution in [3.8, 4) is 5.75 Å². The molecule has 9 heteroatoms. The quantitative estimate of drug-likeness (QED) is 0.746. The molecule has 0 aliphatic carbocycles. The first-order valence-corrected chi connectivity index (χ1v) is 9.04. The second-order valence-electron chi connectivity index (χ2n) is 6.81. The number of halogens is 4. The predicted octanol–water partition coefficient (Wildman–Crippen LogP) is 4.82. The molecule has 1 unspecified atom stereocenters. The van der Waals surface area contributed by atoms with E-state index in [9.17, 15) is 22.8 Å². The number of hydrogen-bond donors (Lipinski definition) is 1. The molecule has 0 fully saturated rings. The third kappa shape index (κ3) is 3.89. The summed E-state index contributed by atoms with van der Waals surface area (Å²) in [5.74, 6) is -0.0984. The van der Waals surface area contributed by atoms with E-state index in [1.54, 1.807) is 24.3 Å². The highest BCUT2D eigenvalue weighted by atomic mass is 35.5. The zero-order valence-corrected chi connectivity index (χ0v) is 16.4. The number of carbonyl (C=O) groups is 2. The number of methoxy groups -OCH3 is 1. The van der Waals surface area contributed by atoms with Gasteiger partial charge in [-0.2, -0.15) is 13.2 Å². The molecule has 1 aliphatic rings. The first kappa shape index (κ1) is 21.0. The lowest BCUT2D eigenvalue weighted by atomic mass is 9.81. The van der Waals surface area contributed by atoms with Crippen LogP contribution in [0.1, 0.15) is 24.5 Å². The van der Waals surface area contributed by atoms with Crippen molar-refractivity contribution in [1.29, 1.82) is 0 Å². The molecule has 1 N–H and O–H groups in total. The summed E-state index contributed by atoms with van der Waals surface area (Å²) in [5, 5.41) is 2.11. The number of rotatable bonds is 5. The molecule has 0 aromatic heterocycles. The third-order valence-electron chi connectivity index (χ3n) is 4.77. The first-order chi connectivity index (χ1) is 13.6. The van der Waals surface area contributed by atoms with Gasteiger partial charge < -0.3 is 10.1 Å². The van der Waals surface area contributed by atoms with E-state index < -0.39 is 30.0 Å². The lowest BCUT2D eigenvalue weighted by molar-refractivity contribution is -0.200. The molecule has 0 bridgehead atoms. The summed E-state index contributed by atoms with van der Waals surface area (Å²) in [6.45, 7) is 1.08. The van der Waals surface area contributed by atoms with Gasteiger partial charge in [-0.05, 0) is 42.8 Å². The summed E-state index contributed by atoms with van der Waals surface area (Å²) >= 11 is 5.97. The van der Waals surface area contributed by atoms with Crippen molar-refractivity contribution in [2.45, 2.75) is 31.6 Å². The molecular weight excluding hydrogens is 409 g/mol. The van der Waals surface area contributed by atoms with Gasteiger partial charge in [-0.1, -0.05) is 23.7 Å². The molecule has 0 radical (unpaired) electrons. The van der Waals surface area contributed by atoms with E-state index in [1.165, 1.54) is 24.1 Å². The number of anilines is 1.